The highest BCUT2D eigenvalue weighted by Crippen LogP contribution is 2.41. The summed E-state index contributed by atoms with van der Waals surface area (Å²) in [7, 11) is 0. The van der Waals surface area contributed by atoms with Crippen molar-refractivity contribution in [2.45, 2.75) is 58.2 Å². The number of carbonyl (C=O) groups excluding carboxylic acids is 1. The number of aromatic nitrogens is 4. The van der Waals surface area contributed by atoms with Crippen molar-refractivity contribution in [3.05, 3.63) is 52.9 Å². The molecule has 0 N–H and O–H groups in total. The molecule has 0 bridgehead atoms. The van der Waals surface area contributed by atoms with Crippen LogP contribution in [0, 0.1) is 12.7 Å². The Bertz CT molecular complexity index is 1090. The third-order valence-corrected chi connectivity index (χ3v) is 7.04. The van der Waals surface area contributed by atoms with Crippen LogP contribution in [0.25, 0.3) is 10.8 Å². The Kier molecular flexibility index (Phi) is 4.99. The standard InChI is InChI=1S/C22H24FN5OS/c1-13-20-19(17-4-3-5-18(17)29)25-21(22-24-14(2)26-30-22)28(20)11-10-27(13)12-15-6-8-16(23)9-7-15/h6-9,13,17H,3-5,10-12H2,1-2H3/t13-,17-/m1/s1. The van der Waals surface area contributed by atoms with Crippen LogP contribution in [0.4, 0.5) is 4.39 Å². The minimum atomic E-state index is -0.220. The molecule has 0 radical (unpaired) electrons. The maximum absolute atomic E-state index is 13.3. The number of ketones is 1. The molecule has 8 heteroatoms. The zero-order valence-electron chi connectivity index (χ0n) is 17.1. The fraction of sp³-hybridized carbons (Fsp3) is 0.455. The third kappa shape index (κ3) is 3.37. The number of rotatable bonds is 4. The van der Waals surface area contributed by atoms with Gasteiger partial charge in [0.05, 0.1) is 17.3 Å². The van der Waals surface area contributed by atoms with Crippen molar-refractivity contribution in [1.29, 1.82) is 0 Å². The van der Waals surface area contributed by atoms with Crippen molar-refractivity contribution < 1.29 is 9.18 Å². The zero-order valence-corrected chi connectivity index (χ0v) is 18.0. The van der Waals surface area contributed by atoms with Crippen LogP contribution in [0.2, 0.25) is 0 Å². The summed E-state index contributed by atoms with van der Waals surface area (Å²) >= 11 is 1.36. The predicted octanol–water partition coefficient (Wildman–Crippen LogP) is 4.26. The van der Waals surface area contributed by atoms with Crippen molar-refractivity contribution in [1.82, 2.24) is 23.8 Å². The molecule has 1 aliphatic heterocycles. The van der Waals surface area contributed by atoms with Crippen molar-refractivity contribution in [2.75, 3.05) is 6.54 Å². The van der Waals surface area contributed by atoms with E-state index in [1.54, 1.807) is 0 Å². The summed E-state index contributed by atoms with van der Waals surface area (Å²) in [6, 6.07) is 6.79. The number of nitrogens with zero attached hydrogens (tertiary/aromatic N) is 5. The quantitative estimate of drug-likeness (QED) is 0.625. The Labute approximate surface area is 178 Å². The number of carbonyl (C=O) groups is 1. The molecule has 5 rings (SSSR count). The normalized spacial score (nSPS) is 21.9. The molecule has 0 saturated heterocycles. The van der Waals surface area contributed by atoms with Crippen molar-refractivity contribution in [3.63, 3.8) is 0 Å². The summed E-state index contributed by atoms with van der Waals surface area (Å²) < 4.78 is 19.9. The SMILES string of the molecule is Cc1nsc(-c2nc([C@@H]3CCCC3=O)c3n2CCN(Cc2ccc(F)cc2)[C@@H]3C)n1. The first-order chi connectivity index (χ1) is 14.5. The van der Waals surface area contributed by atoms with E-state index in [0.29, 0.717) is 12.2 Å². The van der Waals surface area contributed by atoms with Gasteiger partial charge in [0.2, 0.25) is 0 Å². The number of halogens is 1. The summed E-state index contributed by atoms with van der Waals surface area (Å²) in [4.78, 5) is 24.5. The summed E-state index contributed by atoms with van der Waals surface area (Å²) in [5.74, 6) is 1.52. The van der Waals surface area contributed by atoms with E-state index in [-0.39, 0.29) is 17.8 Å². The summed E-state index contributed by atoms with van der Waals surface area (Å²) in [5.41, 5.74) is 3.11. The van der Waals surface area contributed by atoms with Gasteiger partial charge in [0, 0.05) is 32.1 Å². The van der Waals surface area contributed by atoms with Crippen LogP contribution in [0.3, 0.4) is 0 Å². The van der Waals surface area contributed by atoms with Gasteiger partial charge in [-0.1, -0.05) is 12.1 Å². The summed E-state index contributed by atoms with van der Waals surface area (Å²) in [6.07, 6.45) is 2.43. The van der Waals surface area contributed by atoms with Gasteiger partial charge in [-0.15, -0.1) is 0 Å². The van der Waals surface area contributed by atoms with E-state index in [4.69, 9.17) is 4.98 Å². The molecule has 2 aliphatic rings. The molecule has 3 heterocycles. The number of fused-ring (bicyclic) bond motifs is 1. The maximum Gasteiger partial charge on any atom is 0.179 e. The number of benzene rings is 1. The van der Waals surface area contributed by atoms with E-state index < -0.39 is 0 Å². The zero-order chi connectivity index (χ0) is 20.8. The molecule has 1 saturated carbocycles. The lowest BCUT2D eigenvalue weighted by Crippen LogP contribution is -2.37. The van der Waals surface area contributed by atoms with E-state index in [0.717, 1.165) is 66.1 Å². The Hall–Kier alpha value is -2.45. The molecular weight excluding hydrogens is 401 g/mol. The van der Waals surface area contributed by atoms with E-state index in [2.05, 4.69) is 25.7 Å². The van der Waals surface area contributed by atoms with Gasteiger partial charge in [-0.25, -0.2) is 14.4 Å². The minimum Gasteiger partial charge on any atom is -0.323 e. The van der Waals surface area contributed by atoms with Gasteiger partial charge < -0.3 is 4.57 Å². The van der Waals surface area contributed by atoms with Crippen LogP contribution in [-0.2, 0) is 17.9 Å². The van der Waals surface area contributed by atoms with Crippen LogP contribution in [0.15, 0.2) is 24.3 Å². The van der Waals surface area contributed by atoms with Crippen molar-refractivity contribution in [2.24, 2.45) is 0 Å². The molecule has 2 atom stereocenters. The van der Waals surface area contributed by atoms with Crippen LogP contribution in [-0.4, -0.2) is 36.1 Å². The molecule has 1 fully saturated rings. The van der Waals surface area contributed by atoms with E-state index in [9.17, 15) is 9.18 Å². The third-order valence-electron chi connectivity index (χ3n) is 6.24. The lowest BCUT2D eigenvalue weighted by molar-refractivity contribution is -0.118. The van der Waals surface area contributed by atoms with Gasteiger partial charge in [0.1, 0.15) is 17.4 Å². The van der Waals surface area contributed by atoms with Gasteiger partial charge >= 0.3 is 0 Å². The molecular formula is C22H24FN5OS. The fourth-order valence-corrected chi connectivity index (χ4v) is 5.37. The molecule has 3 aromatic rings. The van der Waals surface area contributed by atoms with Crippen LogP contribution in [0.1, 0.15) is 60.9 Å². The second-order valence-corrected chi connectivity index (χ2v) is 8.94. The number of imidazole rings is 1. The fourth-order valence-electron chi connectivity index (χ4n) is 4.70. The van der Waals surface area contributed by atoms with Gasteiger partial charge in [0.25, 0.3) is 0 Å². The number of hydrogen-bond acceptors (Lipinski definition) is 6. The molecule has 1 aromatic carbocycles. The first-order valence-corrected chi connectivity index (χ1v) is 11.2. The molecule has 30 heavy (non-hydrogen) atoms. The van der Waals surface area contributed by atoms with E-state index in [1.807, 2.05) is 19.1 Å². The minimum absolute atomic E-state index is 0.0995. The van der Waals surface area contributed by atoms with Crippen LogP contribution >= 0.6 is 11.5 Å². The van der Waals surface area contributed by atoms with E-state index >= 15 is 0 Å². The number of Topliss-reactive ketones (excluding diaryl/α,β-unsaturated/α-hetero) is 1. The molecule has 1 aliphatic carbocycles. The topological polar surface area (TPSA) is 63.9 Å². The molecule has 0 unspecified atom stereocenters. The van der Waals surface area contributed by atoms with Crippen LogP contribution in [0.5, 0.6) is 0 Å². The van der Waals surface area contributed by atoms with Gasteiger partial charge in [-0.3, -0.25) is 9.69 Å². The van der Waals surface area contributed by atoms with Gasteiger partial charge in [-0.05, 0) is 55.9 Å². The lowest BCUT2D eigenvalue weighted by Gasteiger charge is -2.36. The highest BCUT2D eigenvalue weighted by Gasteiger charge is 2.37. The molecule has 156 valence electrons. The predicted molar refractivity (Wildman–Crippen MR) is 113 cm³/mol. The summed E-state index contributed by atoms with van der Waals surface area (Å²) in [6.45, 7) is 6.42. The Balaban J connectivity index is 1.54. The first-order valence-electron chi connectivity index (χ1n) is 10.4. The first kappa shape index (κ1) is 19.5. The smallest absolute Gasteiger partial charge is 0.179 e. The highest BCUT2D eigenvalue weighted by molar-refractivity contribution is 7.09. The maximum atomic E-state index is 13.3. The Morgan fingerprint density at radius 3 is 2.67 bits per heavy atom. The number of hydrogen-bond donors (Lipinski definition) is 0. The molecule has 6 nitrogen and oxygen atoms in total. The lowest BCUT2D eigenvalue weighted by atomic mass is 9.97. The summed E-state index contributed by atoms with van der Waals surface area (Å²) in [5, 5.41) is 0.810. The van der Waals surface area contributed by atoms with Crippen molar-refractivity contribution in [3.8, 4) is 10.8 Å². The number of aryl methyl sites for hydroxylation is 1. The largest absolute Gasteiger partial charge is 0.323 e. The second kappa shape index (κ2) is 7.67. The Morgan fingerprint density at radius 2 is 2.00 bits per heavy atom. The average Bonchev–Trinajstić information content (AvgIpc) is 3.44. The van der Waals surface area contributed by atoms with Crippen molar-refractivity contribution >= 4 is 17.3 Å². The molecule has 0 amide bonds. The average molecular weight is 426 g/mol. The highest BCUT2D eigenvalue weighted by atomic mass is 32.1. The van der Waals surface area contributed by atoms with E-state index in [1.165, 1.54) is 23.7 Å². The van der Waals surface area contributed by atoms with Crippen LogP contribution < -0.4 is 0 Å². The molecule has 2 aromatic heterocycles. The van der Waals surface area contributed by atoms with Gasteiger partial charge in [-0.2, -0.15) is 4.37 Å². The molecule has 0 spiro atoms. The monoisotopic (exact) mass is 425 g/mol. The Morgan fingerprint density at radius 1 is 1.20 bits per heavy atom. The van der Waals surface area contributed by atoms with Gasteiger partial charge in [0.15, 0.2) is 10.8 Å². The second-order valence-electron chi connectivity index (χ2n) is 8.19.